The van der Waals surface area contributed by atoms with Gasteiger partial charge >= 0.3 is 5.97 Å². The number of ether oxygens (including phenoxy) is 1. The summed E-state index contributed by atoms with van der Waals surface area (Å²) in [5.74, 6) is 4.94. The van der Waals surface area contributed by atoms with Crippen molar-refractivity contribution >= 4 is 28.5 Å². The van der Waals surface area contributed by atoms with Gasteiger partial charge in [-0.1, -0.05) is 23.6 Å². The minimum absolute atomic E-state index is 0.0727. The van der Waals surface area contributed by atoms with Gasteiger partial charge in [0, 0.05) is 13.0 Å². The summed E-state index contributed by atoms with van der Waals surface area (Å²) >= 11 is 1.02. The summed E-state index contributed by atoms with van der Waals surface area (Å²) in [6.45, 7) is 3.26. The van der Waals surface area contributed by atoms with E-state index in [1.54, 1.807) is 6.92 Å². The molecule has 0 radical (unpaired) electrons. The van der Waals surface area contributed by atoms with Crippen LogP contribution in [0.2, 0.25) is 0 Å². The summed E-state index contributed by atoms with van der Waals surface area (Å²) in [4.78, 5) is 32.7. The molecule has 0 bridgehead atoms. The predicted molar refractivity (Wildman–Crippen MR) is 79.1 cm³/mol. The Morgan fingerprint density at radius 1 is 1.43 bits per heavy atom. The first-order chi connectivity index (χ1) is 9.95. The number of nitrogens with zero attached hydrogens (tertiary/aromatic N) is 1. The largest absolute Gasteiger partial charge is 0.462 e. The number of esters is 1. The molecule has 0 aliphatic heterocycles. The second-order valence-corrected chi connectivity index (χ2v) is 4.94. The molecule has 0 aromatic heterocycles. The highest BCUT2D eigenvalue weighted by molar-refractivity contribution is 8.13. The maximum Gasteiger partial charge on any atom is 0.338 e. The Hall–Kier alpha value is -2.33. The van der Waals surface area contributed by atoms with Crippen molar-refractivity contribution in [2.24, 2.45) is 0 Å². The Morgan fingerprint density at radius 3 is 2.71 bits per heavy atom. The van der Waals surface area contributed by atoms with E-state index in [1.165, 1.54) is 19.1 Å². The Morgan fingerprint density at radius 2 is 2.14 bits per heavy atom. The molecule has 0 amide bonds. The zero-order valence-electron chi connectivity index (χ0n) is 11.5. The molecule has 7 heteroatoms. The smallest absolute Gasteiger partial charge is 0.338 e. The van der Waals surface area contributed by atoms with Crippen LogP contribution in [0.5, 0.6) is 0 Å². The lowest BCUT2D eigenvalue weighted by molar-refractivity contribution is -0.385. The Balaban J connectivity index is 3.02. The first kappa shape index (κ1) is 16.7. The van der Waals surface area contributed by atoms with E-state index in [-0.39, 0.29) is 34.3 Å². The van der Waals surface area contributed by atoms with E-state index in [0.717, 1.165) is 17.8 Å². The van der Waals surface area contributed by atoms with Gasteiger partial charge in [0.05, 0.1) is 22.8 Å². The van der Waals surface area contributed by atoms with Crippen LogP contribution in [0.1, 0.15) is 29.8 Å². The molecule has 0 fully saturated rings. The van der Waals surface area contributed by atoms with Crippen LogP contribution in [0.15, 0.2) is 18.2 Å². The fourth-order valence-electron chi connectivity index (χ4n) is 1.40. The Bertz CT molecular complexity index is 630. The second kappa shape index (κ2) is 8.07. The molecule has 110 valence electrons. The number of carbonyl (C=O) groups is 2. The van der Waals surface area contributed by atoms with Gasteiger partial charge in [0.15, 0.2) is 5.12 Å². The number of nitro benzene ring substituents is 1. The van der Waals surface area contributed by atoms with Gasteiger partial charge in [0.25, 0.3) is 5.69 Å². The fraction of sp³-hybridized carbons (Fsp3) is 0.286. The third-order valence-corrected chi connectivity index (χ3v) is 2.97. The maximum atomic E-state index is 11.5. The summed E-state index contributed by atoms with van der Waals surface area (Å²) < 4.78 is 4.79. The average molecular weight is 307 g/mol. The number of rotatable bonds is 4. The van der Waals surface area contributed by atoms with E-state index in [9.17, 15) is 19.7 Å². The van der Waals surface area contributed by atoms with Gasteiger partial charge in [-0.3, -0.25) is 14.9 Å². The van der Waals surface area contributed by atoms with Crippen molar-refractivity contribution in [2.75, 3.05) is 12.4 Å². The highest BCUT2D eigenvalue weighted by atomic mass is 32.2. The third kappa shape index (κ3) is 5.28. The topological polar surface area (TPSA) is 86.5 Å². The molecule has 1 rings (SSSR count). The number of thioether (sulfide) groups is 1. The molecule has 21 heavy (non-hydrogen) atoms. The highest BCUT2D eigenvalue weighted by Crippen LogP contribution is 2.20. The number of carbonyl (C=O) groups excluding carboxylic acids is 2. The zero-order valence-corrected chi connectivity index (χ0v) is 12.4. The van der Waals surface area contributed by atoms with Crippen molar-refractivity contribution in [3.8, 4) is 11.8 Å². The lowest BCUT2D eigenvalue weighted by Gasteiger charge is -2.02. The number of hydrogen-bond acceptors (Lipinski definition) is 6. The van der Waals surface area contributed by atoms with Crippen molar-refractivity contribution in [1.29, 1.82) is 0 Å². The summed E-state index contributed by atoms with van der Waals surface area (Å²) in [5, 5.41) is 10.9. The zero-order chi connectivity index (χ0) is 15.8. The standard InChI is InChI=1S/C14H13NO5S/c1-3-20-14(17)12-7-6-11(13(9-12)15(18)19)5-4-8-21-10(2)16/h6-7,9H,3,8H2,1-2H3. The van der Waals surface area contributed by atoms with E-state index >= 15 is 0 Å². The summed E-state index contributed by atoms with van der Waals surface area (Å²) in [6.07, 6.45) is 0. The van der Waals surface area contributed by atoms with Crippen LogP contribution in [0.3, 0.4) is 0 Å². The molecular weight excluding hydrogens is 294 g/mol. The Kier molecular flexibility index (Phi) is 6.43. The monoisotopic (exact) mass is 307 g/mol. The molecule has 0 aliphatic rings. The molecule has 0 saturated heterocycles. The summed E-state index contributed by atoms with van der Waals surface area (Å²) in [5.41, 5.74) is 0.0327. The van der Waals surface area contributed by atoms with Crippen molar-refractivity contribution in [3.05, 3.63) is 39.4 Å². The minimum Gasteiger partial charge on any atom is -0.462 e. The van der Waals surface area contributed by atoms with Gasteiger partial charge in [-0.15, -0.1) is 0 Å². The summed E-state index contributed by atoms with van der Waals surface area (Å²) in [7, 11) is 0. The molecule has 1 aromatic rings. The predicted octanol–water partition coefficient (Wildman–Crippen LogP) is 2.40. The first-order valence-electron chi connectivity index (χ1n) is 6.03. The van der Waals surface area contributed by atoms with Gasteiger partial charge in [-0.25, -0.2) is 4.79 Å². The quantitative estimate of drug-likeness (QED) is 0.367. The van der Waals surface area contributed by atoms with Crippen LogP contribution in [0.4, 0.5) is 5.69 Å². The molecule has 0 unspecified atom stereocenters. The molecule has 6 nitrogen and oxygen atoms in total. The highest BCUT2D eigenvalue weighted by Gasteiger charge is 2.17. The lowest BCUT2D eigenvalue weighted by Crippen LogP contribution is -2.05. The van der Waals surface area contributed by atoms with Crippen LogP contribution in [0.25, 0.3) is 0 Å². The van der Waals surface area contributed by atoms with Crippen molar-refractivity contribution < 1.29 is 19.2 Å². The molecular formula is C14H13NO5S. The van der Waals surface area contributed by atoms with E-state index in [1.807, 2.05) is 0 Å². The molecule has 0 atom stereocenters. The number of nitro groups is 1. The van der Waals surface area contributed by atoms with Gasteiger partial charge in [-0.2, -0.15) is 0 Å². The van der Waals surface area contributed by atoms with E-state index in [2.05, 4.69) is 11.8 Å². The van der Waals surface area contributed by atoms with Crippen LogP contribution < -0.4 is 0 Å². The van der Waals surface area contributed by atoms with E-state index in [4.69, 9.17) is 4.74 Å². The minimum atomic E-state index is -0.618. The van der Waals surface area contributed by atoms with Gasteiger partial charge < -0.3 is 4.74 Å². The van der Waals surface area contributed by atoms with Crippen LogP contribution in [-0.2, 0) is 9.53 Å². The van der Waals surface area contributed by atoms with Crippen molar-refractivity contribution in [1.82, 2.24) is 0 Å². The van der Waals surface area contributed by atoms with Gasteiger partial charge in [0.1, 0.15) is 5.56 Å². The molecule has 0 N–H and O–H groups in total. The van der Waals surface area contributed by atoms with Crippen LogP contribution in [-0.4, -0.2) is 28.4 Å². The van der Waals surface area contributed by atoms with Gasteiger partial charge in [-0.05, 0) is 19.1 Å². The normalized spacial score (nSPS) is 9.43. The fourth-order valence-corrected chi connectivity index (χ4v) is 1.75. The van der Waals surface area contributed by atoms with Crippen molar-refractivity contribution in [3.63, 3.8) is 0 Å². The molecule has 1 aromatic carbocycles. The molecule has 0 saturated carbocycles. The Labute approximate surface area is 126 Å². The van der Waals surface area contributed by atoms with E-state index < -0.39 is 10.9 Å². The van der Waals surface area contributed by atoms with Crippen molar-refractivity contribution in [2.45, 2.75) is 13.8 Å². The van der Waals surface area contributed by atoms with Gasteiger partial charge in [0.2, 0.25) is 0 Å². The van der Waals surface area contributed by atoms with Crippen LogP contribution in [0, 0.1) is 22.0 Å². The molecule has 0 aliphatic carbocycles. The maximum absolute atomic E-state index is 11.5. The second-order valence-electron chi connectivity index (χ2n) is 3.79. The SMILES string of the molecule is CCOC(=O)c1ccc(C#CCSC(C)=O)c([N+](=O)[O-])c1. The van der Waals surface area contributed by atoms with E-state index in [0.29, 0.717) is 0 Å². The van der Waals surface area contributed by atoms with Crippen LogP contribution >= 0.6 is 11.8 Å². The average Bonchev–Trinajstić information content (AvgIpc) is 2.43. The number of benzene rings is 1. The summed E-state index contributed by atoms with van der Waals surface area (Å²) in [6, 6.07) is 3.96. The molecule has 0 heterocycles. The lowest BCUT2D eigenvalue weighted by atomic mass is 10.1. The first-order valence-corrected chi connectivity index (χ1v) is 7.02. The third-order valence-electron chi connectivity index (χ3n) is 2.28. The number of hydrogen-bond donors (Lipinski definition) is 0. The molecule has 0 spiro atoms.